The summed E-state index contributed by atoms with van der Waals surface area (Å²) in [7, 11) is 0. The fraction of sp³-hybridized carbons (Fsp3) is 0.368. The number of amides is 1. The Bertz CT molecular complexity index is 768. The van der Waals surface area contributed by atoms with Gasteiger partial charge in [0.2, 0.25) is 0 Å². The third kappa shape index (κ3) is 5.43. The summed E-state index contributed by atoms with van der Waals surface area (Å²) in [5.41, 5.74) is 2.34. The summed E-state index contributed by atoms with van der Waals surface area (Å²) in [4.78, 5) is 20.6. The number of nitrogens with zero attached hydrogens (tertiary/aromatic N) is 3. The molecular weight excluding hydrogens is 359 g/mol. The second-order valence-corrected chi connectivity index (χ2v) is 6.48. The van der Waals surface area contributed by atoms with Crippen molar-refractivity contribution >= 4 is 5.91 Å². The number of rotatable bonds is 4. The van der Waals surface area contributed by atoms with Gasteiger partial charge in [-0.2, -0.15) is 0 Å². The van der Waals surface area contributed by atoms with E-state index in [1.807, 2.05) is 13.0 Å². The van der Waals surface area contributed by atoms with Crippen molar-refractivity contribution in [2.45, 2.75) is 19.8 Å². The lowest BCUT2D eigenvalue weighted by atomic mass is 10.2. The van der Waals surface area contributed by atoms with Crippen molar-refractivity contribution in [1.82, 2.24) is 14.8 Å². The van der Waals surface area contributed by atoms with Crippen LogP contribution in [0, 0.1) is 6.92 Å². The Kier molecular flexibility index (Phi) is 5.65. The van der Waals surface area contributed by atoms with Crippen LogP contribution < -0.4 is 4.74 Å². The van der Waals surface area contributed by atoms with E-state index in [0.29, 0.717) is 38.4 Å². The van der Waals surface area contributed by atoms with Crippen molar-refractivity contribution in [1.29, 1.82) is 0 Å². The van der Waals surface area contributed by atoms with Gasteiger partial charge in [-0.15, -0.1) is 13.2 Å². The van der Waals surface area contributed by atoms with Gasteiger partial charge in [-0.05, 0) is 36.2 Å². The minimum Gasteiger partial charge on any atom is -0.406 e. The molecule has 1 amide bonds. The number of aryl methyl sites for hydroxylation is 1. The van der Waals surface area contributed by atoms with Crippen LogP contribution in [0.15, 0.2) is 42.6 Å². The number of piperazine rings is 1. The number of benzene rings is 1. The monoisotopic (exact) mass is 379 g/mol. The molecule has 0 saturated carbocycles. The van der Waals surface area contributed by atoms with Crippen LogP contribution in [0.2, 0.25) is 0 Å². The van der Waals surface area contributed by atoms with Gasteiger partial charge >= 0.3 is 6.36 Å². The van der Waals surface area contributed by atoms with E-state index in [1.54, 1.807) is 29.3 Å². The molecule has 1 fully saturated rings. The van der Waals surface area contributed by atoms with Crippen LogP contribution in [-0.2, 0) is 6.54 Å². The number of hydrogen-bond acceptors (Lipinski definition) is 4. The first kappa shape index (κ1) is 19.2. The van der Waals surface area contributed by atoms with Gasteiger partial charge in [0, 0.05) is 38.9 Å². The molecule has 0 aliphatic carbocycles. The Morgan fingerprint density at radius 3 is 2.30 bits per heavy atom. The van der Waals surface area contributed by atoms with Gasteiger partial charge < -0.3 is 9.64 Å². The highest BCUT2D eigenvalue weighted by molar-refractivity contribution is 5.92. The van der Waals surface area contributed by atoms with Crippen LogP contribution in [-0.4, -0.2) is 53.2 Å². The molecule has 1 saturated heterocycles. The van der Waals surface area contributed by atoms with Gasteiger partial charge in [-0.25, -0.2) is 0 Å². The van der Waals surface area contributed by atoms with Crippen molar-refractivity contribution in [3.05, 3.63) is 59.4 Å². The maximum Gasteiger partial charge on any atom is 0.573 e. The summed E-state index contributed by atoms with van der Waals surface area (Å²) >= 11 is 0. The number of alkyl halides is 3. The lowest BCUT2D eigenvalue weighted by molar-refractivity contribution is -0.274. The summed E-state index contributed by atoms with van der Waals surface area (Å²) in [6, 6.07) is 9.46. The van der Waals surface area contributed by atoms with Gasteiger partial charge in [0.15, 0.2) is 0 Å². The van der Waals surface area contributed by atoms with Crippen molar-refractivity contribution < 1.29 is 22.7 Å². The van der Waals surface area contributed by atoms with Crippen molar-refractivity contribution in [3.8, 4) is 5.75 Å². The molecule has 144 valence electrons. The third-order valence-electron chi connectivity index (χ3n) is 4.35. The molecule has 0 atom stereocenters. The van der Waals surface area contributed by atoms with Gasteiger partial charge in [0.05, 0.1) is 0 Å². The molecule has 2 heterocycles. The molecule has 0 spiro atoms. The fourth-order valence-corrected chi connectivity index (χ4v) is 2.92. The maximum atomic E-state index is 12.5. The van der Waals surface area contributed by atoms with E-state index >= 15 is 0 Å². The number of ether oxygens (including phenoxy) is 1. The predicted octanol–water partition coefficient (Wildman–Crippen LogP) is 3.25. The van der Waals surface area contributed by atoms with Crippen LogP contribution in [0.5, 0.6) is 5.75 Å². The Hall–Kier alpha value is -2.61. The van der Waals surface area contributed by atoms with Crippen LogP contribution in [0.1, 0.15) is 21.6 Å². The molecule has 0 bridgehead atoms. The van der Waals surface area contributed by atoms with Gasteiger partial charge in [-0.1, -0.05) is 18.2 Å². The van der Waals surface area contributed by atoms with Crippen molar-refractivity contribution in [2.75, 3.05) is 26.2 Å². The molecule has 0 N–H and O–H groups in total. The van der Waals surface area contributed by atoms with E-state index in [4.69, 9.17) is 0 Å². The van der Waals surface area contributed by atoms with Crippen LogP contribution >= 0.6 is 0 Å². The number of hydrogen-bond donors (Lipinski definition) is 0. The summed E-state index contributed by atoms with van der Waals surface area (Å²) in [5.74, 6) is -0.310. The van der Waals surface area contributed by atoms with Crippen molar-refractivity contribution in [3.63, 3.8) is 0 Å². The highest BCUT2D eigenvalue weighted by atomic mass is 19.4. The fourth-order valence-electron chi connectivity index (χ4n) is 2.92. The zero-order chi connectivity index (χ0) is 19.4. The lowest BCUT2D eigenvalue weighted by Crippen LogP contribution is -2.48. The average Bonchev–Trinajstić information content (AvgIpc) is 2.63. The van der Waals surface area contributed by atoms with Gasteiger partial charge in [0.25, 0.3) is 5.91 Å². The predicted molar refractivity (Wildman–Crippen MR) is 93.3 cm³/mol. The standard InChI is InChI=1S/C19H20F3N3O2/c1-14-2-7-17(23-12-14)18(26)25-10-8-24(9-11-25)13-15-3-5-16(6-4-15)27-19(20,21)22/h2-7,12H,8-11,13H2,1H3. The molecule has 5 nitrogen and oxygen atoms in total. The first-order valence-corrected chi connectivity index (χ1v) is 8.59. The average molecular weight is 379 g/mol. The summed E-state index contributed by atoms with van der Waals surface area (Å²) in [5, 5.41) is 0. The number of aromatic nitrogens is 1. The SMILES string of the molecule is Cc1ccc(C(=O)N2CCN(Cc3ccc(OC(F)(F)F)cc3)CC2)nc1. The highest BCUT2D eigenvalue weighted by Crippen LogP contribution is 2.23. The van der Waals surface area contributed by atoms with Crippen LogP contribution in [0.3, 0.4) is 0 Å². The molecule has 0 unspecified atom stereocenters. The topological polar surface area (TPSA) is 45.7 Å². The lowest BCUT2D eigenvalue weighted by Gasteiger charge is -2.34. The zero-order valence-electron chi connectivity index (χ0n) is 14.9. The molecule has 1 aliphatic heterocycles. The Morgan fingerprint density at radius 2 is 1.74 bits per heavy atom. The van der Waals surface area contributed by atoms with Crippen LogP contribution in [0.25, 0.3) is 0 Å². The number of halogens is 3. The molecular formula is C19H20F3N3O2. The number of carbonyl (C=O) groups is 1. The maximum absolute atomic E-state index is 12.5. The molecule has 1 aromatic carbocycles. The largest absolute Gasteiger partial charge is 0.573 e. The summed E-state index contributed by atoms with van der Waals surface area (Å²) in [6.45, 7) is 5.09. The second kappa shape index (κ2) is 7.96. The van der Waals surface area contributed by atoms with Crippen molar-refractivity contribution in [2.24, 2.45) is 0 Å². The van der Waals surface area contributed by atoms with E-state index in [9.17, 15) is 18.0 Å². The first-order valence-electron chi connectivity index (χ1n) is 8.59. The molecule has 1 aromatic heterocycles. The van der Waals surface area contributed by atoms with E-state index < -0.39 is 6.36 Å². The quantitative estimate of drug-likeness (QED) is 0.818. The third-order valence-corrected chi connectivity index (χ3v) is 4.35. The smallest absolute Gasteiger partial charge is 0.406 e. The highest BCUT2D eigenvalue weighted by Gasteiger charge is 2.31. The second-order valence-electron chi connectivity index (χ2n) is 6.48. The van der Waals surface area contributed by atoms with Crippen LogP contribution in [0.4, 0.5) is 13.2 Å². The van der Waals surface area contributed by atoms with E-state index in [1.165, 1.54) is 12.1 Å². The van der Waals surface area contributed by atoms with E-state index in [0.717, 1.165) is 11.1 Å². The molecule has 1 aliphatic rings. The van der Waals surface area contributed by atoms with Gasteiger partial charge in [-0.3, -0.25) is 14.7 Å². The molecule has 3 rings (SSSR count). The zero-order valence-corrected chi connectivity index (χ0v) is 14.9. The Morgan fingerprint density at radius 1 is 1.07 bits per heavy atom. The van der Waals surface area contributed by atoms with E-state index in [2.05, 4.69) is 14.6 Å². The first-order chi connectivity index (χ1) is 12.8. The molecule has 8 heteroatoms. The minimum absolute atomic E-state index is 0.0803. The summed E-state index contributed by atoms with van der Waals surface area (Å²) in [6.07, 6.45) is -3.01. The minimum atomic E-state index is -4.68. The number of carbonyl (C=O) groups excluding carboxylic acids is 1. The van der Waals surface area contributed by atoms with Gasteiger partial charge in [0.1, 0.15) is 11.4 Å². The number of pyridine rings is 1. The molecule has 27 heavy (non-hydrogen) atoms. The Balaban J connectivity index is 1.50. The Labute approximate surface area is 155 Å². The summed E-state index contributed by atoms with van der Waals surface area (Å²) < 4.78 is 40.4. The molecule has 0 radical (unpaired) electrons. The normalized spacial score (nSPS) is 15.6. The van der Waals surface area contributed by atoms with E-state index in [-0.39, 0.29) is 11.7 Å². The molecule has 2 aromatic rings.